The normalized spacial score (nSPS) is 10.9. The van der Waals surface area contributed by atoms with Crippen molar-refractivity contribution in [2.75, 3.05) is 5.73 Å². The Labute approximate surface area is 145 Å². The second-order valence-corrected chi connectivity index (χ2v) is 5.76. The average molecular weight is 331 g/mol. The van der Waals surface area contributed by atoms with Gasteiger partial charge < -0.3 is 14.9 Å². The van der Waals surface area contributed by atoms with Gasteiger partial charge in [-0.2, -0.15) is 0 Å². The van der Waals surface area contributed by atoms with Crippen LogP contribution in [0.15, 0.2) is 67.4 Å². The van der Waals surface area contributed by atoms with Crippen LogP contribution in [0.5, 0.6) is 5.88 Å². The third kappa shape index (κ3) is 3.42. The van der Waals surface area contributed by atoms with Crippen LogP contribution in [0.1, 0.15) is 16.8 Å². The Bertz CT molecular complexity index is 997. The lowest BCUT2D eigenvalue weighted by Crippen LogP contribution is -2.04. The van der Waals surface area contributed by atoms with Crippen LogP contribution in [0, 0.1) is 0 Å². The number of nitrogen functional groups attached to an aromatic ring is 1. The molecule has 0 atom stereocenters. The lowest BCUT2D eigenvalue weighted by atomic mass is 10.1. The van der Waals surface area contributed by atoms with E-state index in [0.717, 1.165) is 22.5 Å². The molecule has 0 bridgehead atoms. The Morgan fingerprint density at radius 1 is 1.04 bits per heavy atom. The van der Waals surface area contributed by atoms with Crippen LogP contribution >= 0.6 is 0 Å². The summed E-state index contributed by atoms with van der Waals surface area (Å²) in [7, 11) is 0. The maximum absolute atomic E-state index is 5.92. The fourth-order valence-electron chi connectivity index (χ4n) is 2.68. The molecule has 0 unspecified atom stereocenters. The molecule has 0 radical (unpaired) electrons. The Morgan fingerprint density at radius 2 is 1.92 bits per heavy atom. The third-order valence-corrected chi connectivity index (χ3v) is 3.85. The summed E-state index contributed by atoms with van der Waals surface area (Å²) in [4.78, 5) is 13.0. The maximum atomic E-state index is 5.92. The van der Waals surface area contributed by atoms with Crippen molar-refractivity contribution >= 4 is 11.3 Å². The molecule has 0 saturated carbocycles. The van der Waals surface area contributed by atoms with E-state index in [1.807, 2.05) is 53.2 Å². The summed E-state index contributed by atoms with van der Waals surface area (Å²) in [5.74, 6) is 0.517. The maximum Gasteiger partial charge on any atom is 0.258 e. The number of hydrogen-bond donors (Lipinski definition) is 1. The first-order valence-corrected chi connectivity index (χ1v) is 7.96. The van der Waals surface area contributed by atoms with Gasteiger partial charge in [-0.15, -0.1) is 0 Å². The number of fused-ring (bicyclic) bond motifs is 1. The van der Waals surface area contributed by atoms with Gasteiger partial charge in [0.05, 0.1) is 5.69 Å². The topological polar surface area (TPSA) is 78.3 Å². The first-order chi connectivity index (χ1) is 12.3. The highest BCUT2D eigenvalue weighted by Crippen LogP contribution is 2.20. The summed E-state index contributed by atoms with van der Waals surface area (Å²) in [5.41, 5.74) is 10.3. The summed E-state index contributed by atoms with van der Waals surface area (Å²) in [6, 6.07) is 11.6. The van der Waals surface area contributed by atoms with Crippen molar-refractivity contribution in [3.05, 3.63) is 84.2 Å². The van der Waals surface area contributed by atoms with E-state index in [1.54, 1.807) is 18.6 Å². The number of anilines is 1. The summed E-state index contributed by atoms with van der Waals surface area (Å²) in [6.07, 6.45) is 9.75. The van der Waals surface area contributed by atoms with Crippen molar-refractivity contribution in [2.45, 2.75) is 13.0 Å². The number of hydrogen-bond acceptors (Lipinski definition) is 5. The third-order valence-electron chi connectivity index (χ3n) is 3.85. The number of benzene rings is 1. The van der Waals surface area contributed by atoms with Crippen LogP contribution in [-0.4, -0.2) is 19.4 Å². The van der Waals surface area contributed by atoms with Gasteiger partial charge in [0.25, 0.3) is 5.88 Å². The highest BCUT2D eigenvalue weighted by molar-refractivity contribution is 5.50. The van der Waals surface area contributed by atoms with Crippen LogP contribution in [-0.2, 0) is 13.0 Å². The predicted octanol–water partition coefficient (Wildman–Crippen LogP) is 2.88. The Morgan fingerprint density at radius 3 is 2.76 bits per heavy atom. The molecule has 0 aliphatic carbocycles. The molecule has 4 rings (SSSR count). The first kappa shape index (κ1) is 15.1. The Balaban J connectivity index is 1.62. The monoisotopic (exact) mass is 331 g/mol. The Kier molecular flexibility index (Phi) is 4.00. The van der Waals surface area contributed by atoms with E-state index in [0.29, 0.717) is 24.6 Å². The van der Waals surface area contributed by atoms with Crippen molar-refractivity contribution < 1.29 is 4.74 Å². The fourth-order valence-corrected chi connectivity index (χ4v) is 2.68. The smallest absolute Gasteiger partial charge is 0.258 e. The molecule has 6 heteroatoms. The minimum Gasteiger partial charge on any atom is -0.470 e. The molecule has 3 heterocycles. The highest BCUT2D eigenvalue weighted by atomic mass is 16.5. The molecule has 0 spiro atoms. The van der Waals surface area contributed by atoms with Crippen molar-refractivity contribution in [1.82, 2.24) is 19.4 Å². The van der Waals surface area contributed by atoms with E-state index in [1.165, 1.54) is 0 Å². The fraction of sp³-hybridized carbons (Fsp3) is 0.105. The second-order valence-electron chi connectivity index (χ2n) is 5.76. The van der Waals surface area contributed by atoms with Crippen molar-refractivity contribution in [3.63, 3.8) is 0 Å². The number of aromatic nitrogens is 4. The zero-order chi connectivity index (χ0) is 17.1. The van der Waals surface area contributed by atoms with E-state index < -0.39 is 0 Å². The molecule has 0 aliphatic heterocycles. The summed E-state index contributed by atoms with van der Waals surface area (Å²) in [5, 5.41) is 0. The molecule has 0 saturated heterocycles. The van der Waals surface area contributed by atoms with Gasteiger partial charge in [-0.05, 0) is 35.4 Å². The molecule has 4 aromatic rings. The standard InChI is InChI=1S/C19H17N5O/c20-16-3-1-2-15(10-16)11-17-12-24-9-8-22-18(24)19(23-17)25-13-14-4-6-21-7-5-14/h1-10,12H,11,13,20H2. The van der Waals surface area contributed by atoms with Gasteiger partial charge in [0, 0.05) is 43.1 Å². The second kappa shape index (κ2) is 6.60. The molecule has 25 heavy (non-hydrogen) atoms. The van der Waals surface area contributed by atoms with Crippen LogP contribution < -0.4 is 10.5 Å². The predicted molar refractivity (Wildman–Crippen MR) is 95.2 cm³/mol. The van der Waals surface area contributed by atoms with E-state index in [9.17, 15) is 0 Å². The van der Waals surface area contributed by atoms with Gasteiger partial charge in [-0.25, -0.2) is 9.97 Å². The average Bonchev–Trinajstić information content (AvgIpc) is 3.09. The molecule has 6 nitrogen and oxygen atoms in total. The van der Waals surface area contributed by atoms with Crippen LogP contribution in [0.4, 0.5) is 5.69 Å². The van der Waals surface area contributed by atoms with E-state index in [-0.39, 0.29) is 0 Å². The SMILES string of the molecule is Nc1cccc(Cc2cn3ccnc3c(OCc3ccncc3)n2)c1. The van der Waals surface area contributed by atoms with Gasteiger partial charge in [0.1, 0.15) is 6.61 Å². The molecule has 124 valence electrons. The molecular formula is C19H17N5O. The van der Waals surface area contributed by atoms with Crippen molar-refractivity contribution in [1.29, 1.82) is 0 Å². The van der Waals surface area contributed by atoms with Crippen LogP contribution in [0.3, 0.4) is 0 Å². The number of nitrogens with zero attached hydrogens (tertiary/aromatic N) is 4. The molecule has 0 amide bonds. The van der Waals surface area contributed by atoms with Crippen LogP contribution in [0.25, 0.3) is 5.65 Å². The van der Waals surface area contributed by atoms with Gasteiger partial charge >= 0.3 is 0 Å². The molecule has 0 fully saturated rings. The minimum absolute atomic E-state index is 0.416. The zero-order valence-electron chi connectivity index (χ0n) is 13.5. The summed E-state index contributed by atoms with van der Waals surface area (Å²) < 4.78 is 7.85. The quantitative estimate of drug-likeness (QED) is 0.569. The zero-order valence-corrected chi connectivity index (χ0v) is 13.5. The minimum atomic E-state index is 0.416. The van der Waals surface area contributed by atoms with Crippen molar-refractivity contribution in [2.24, 2.45) is 0 Å². The van der Waals surface area contributed by atoms with E-state index in [4.69, 9.17) is 10.5 Å². The molecule has 3 aromatic heterocycles. The number of nitrogens with two attached hydrogens (primary N) is 1. The number of ether oxygens (including phenoxy) is 1. The summed E-state index contributed by atoms with van der Waals surface area (Å²) >= 11 is 0. The van der Waals surface area contributed by atoms with Crippen LogP contribution in [0.2, 0.25) is 0 Å². The number of pyridine rings is 1. The molecule has 0 aliphatic rings. The van der Waals surface area contributed by atoms with Gasteiger partial charge in [-0.1, -0.05) is 12.1 Å². The van der Waals surface area contributed by atoms with Gasteiger partial charge in [0.2, 0.25) is 0 Å². The largest absolute Gasteiger partial charge is 0.470 e. The Hall–Kier alpha value is -3.41. The number of rotatable bonds is 5. The highest BCUT2D eigenvalue weighted by Gasteiger charge is 2.10. The molecule has 2 N–H and O–H groups in total. The van der Waals surface area contributed by atoms with Crippen molar-refractivity contribution in [3.8, 4) is 5.88 Å². The van der Waals surface area contributed by atoms with E-state index >= 15 is 0 Å². The first-order valence-electron chi connectivity index (χ1n) is 7.96. The summed E-state index contributed by atoms with van der Waals surface area (Å²) in [6.45, 7) is 0.416. The lowest BCUT2D eigenvalue weighted by Gasteiger charge is -2.09. The van der Waals surface area contributed by atoms with Gasteiger partial charge in [-0.3, -0.25) is 4.98 Å². The lowest BCUT2D eigenvalue weighted by molar-refractivity contribution is 0.295. The molecule has 1 aromatic carbocycles. The van der Waals surface area contributed by atoms with Gasteiger partial charge in [0.15, 0.2) is 5.65 Å². The number of imidazole rings is 1. The van der Waals surface area contributed by atoms with E-state index in [2.05, 4.69) is 15.0 Å². The molecular weight excluding hydrogens is 314 g/mol.